The van der Waals surface area contributed by atoms with E-state index >= 15 is 0 Å². The van der Waals surface area contributed by atoms with Crippen LogP contribution in [0, 0.1) is 13.8 Å². The van der Waals surface area contributed by atoms with Crippen LogP contribution < -0.4 is 5.32 Å². The zero-order valence-electron chi connectivity index (χ0n) is 19.2. The molecule has 1 N–H and O–H groups in total. The maximum atomic E-state index is 13.2. The predicted octanol–water partition coefficient (Wildman–Crippen LogP) is 6.18. The summed E-state index contributed by atoms with van der Waals surface area (Å²) < 4.78 is 0. The zero-order valence-corrected chi connectivity index (χ0v) is 21.5. The third-order valence-corrected chi connectivity index (χ3v) is 6.70. The van der Waals surface area contributed by atoms with Gasteiger partial charge in [-0.3, -0.25) is 9.59 Å². The lowest BCUT2D eigenvalue weighted by atomic mass is 10.1. The molecule has 0 aromatic heterocycles. The van der Waals surface area contributed by atoms with Gasteiger partial charge in [-0.1, -0.05) is 71.9 Å². The summed E-state index contributed by atoms with van der Waals surface area (Å²) in [6.07, 6.45) is 1.90. The van der Waals surface area contributed by atoms with Crippen LogP contribution in [0.15, 0.2) is 36.4 Å². The molecular formula is C25H32Cl2N2O2S. The fraction of sp³-hybridized carbons (Fsp3) is 0.440. The number of amides is 2. The highest BCUT2D eigenvalue weighted by molar-refractivity contribution is 7.99. The molecule has 0 heterocycles. The number of aryl methyl sites for hydroxylation is 2. The molecule has 7 heteroatoms. The van der Waals surface area contributed by atoms with Crippen LogP contribution >= 0.6 is 35.0 Å². The first-order valence-corrected chi connectivity index (χ1v) is 12.8. The fourth-order valence-electron chi connectivity index (χ4n) is 3.44. The van der Waals surface area contributed by atoms with E-state index in [1.54, 1.807) is 41.8 Å². The molecule has 1 atom stereocenters. The molecule has 32 heavy (non-hydrogen) atoms. The third kappa shape index (κ3) is 8.34. The molecule has 0 bridgehead atoms. The van der Waals surface area contributed by atoms with Crippen LogP contribution in [0.3, 0.4) is 0 Å². The molecule has 1 unspecified atom stereocenters. The van der Waals surface area contributed by atoms with Crippen molar-refractivity contribution in [3.05, 3.63) is 68.7 Å². The maximum absolute atomic E-state index is 13.2. The number of thioether (sulfide) groups is 1. The summed E-state index contributed by atoms with van der Waals surface area (Å²) in [5.41, 5.74) is 4.38. The largest absolute Gasteiger partial charge is 0.354 e. The van der Waals surface area contributed by atoms with Gasteiger partial charge in [0.05, 0.1) is 5.75 Å². The van der Waals surface area contributed by atoms with Gasteiger partial charge in [-0.25, -0.2) is 0 Å². The number of carbonyl (C=O) groups excluding carboxylic acids is 2. The Bertz CT molecular complexity index is 916. The number of rotatable bonds is 11. The van der Waals surface area contributed by atoms with Crippen LogP contribution in [-0.4, -0.2) is 35.1 Å². The van der Waals surface area contributed by atoms with Crippen molar-refractivity contribution in [3.8, 4) is 0 Å². The number of nitrogens with one attached hydrogen (secondary N) is 1. The van der Waals surface area contributed by atoms with Crippen LogP contribution in [0.25, 0.3) is 0 Å². The quantitative estimate of drug-likeness (QED) is 0.379. The minimum Gasteiger partial charge on any atom is -0.354 e. The second-order valence-electron chi connectivity index (χ2n) is 8.07. The van der Waals surface area contributed by atoms with E-state index in [1.165, 1.54) is 16.7 Å². The van der Waals surface area contributed by atoms with Crippen LogP contribution in [-0.2, 0) is 21.9 Å². The van der Waals surface area contributed by atoms with Gasteiger partial charge >= 0.3 is 0 Å². The molecule has 4 nitrogen and oxygen atoms in total. The Morgan fingerprint density at radius 2 is 1.78 bits per heavy atom. The summed E-state index contributed by atoms with van der Waals surface area (Å²) in [5.74, 6) is 0.769. The first kappa shape index (κ1) is 26.6. The molecular weight excluding hydrogens is 463 g/mol. The summed E-state index contributed by atoms with van der Waals surface area (Å²) in [6, 6.07) is 11.0. The van der Waals surface area contributed by atoms with E-state index in [0.29, 0.717) is 16.6 Å². The van der Waals surface area contributed by atoms with Gasteiger partial charge in [-0.15, -0.1) is 11.8 Å². The molecule has 0 radical (unpaired) electrons. The van der Waals surface area contributed by atoms with Crippen LogP contribution in [0.5, 0.6) is 0 Å². The van der Waals surface area contributed by atoms with Crippen molar-refractivity contribution in [2.45, 2.75) is 58.9 Å². The van der Waals surface area contributed by atoms with Gasteiger partial charge in [0.2, 0.25) is 11.8 Å². The van der Waals surface area contributed by atoms with E-state index in [4.69, 9.17) is 23.2 Å². The number of hydrogen-bond acceptors (Lipinski definition) is 3. The fourth-order valence-corrected chi connectivity index (χ4v) is 4.76. The van der Waals surface area contributed by atoms with E-state index in [2.05, 4.69) is 44.3 Å². The number of hydrogen-bond donors (Lipinski definition) is 1. The third-order valence-electron chi connectivity index (χ3n) is 5.13. The zero-order chi connectivity index (χ0) is 23.7. The molecule has 2 aromatic carbocycles. The highest BCUT2D eigenvalue weighted by Crippen LogP contribution is 2.24. The van der Waals surface area contributed by atoms with Crippen molar-refractivity contribution in [1.29, 1.82) is 0 Å². The SMILES string of the molecule is CCCCNC(=O)C(C)N(Cc1ccc(Cl)cc1Cl)C(=O)CSCc1cc(C)cc(C)c1. The topological polar surface area (TPSA) is 49.4 Å². The maximum Gasteiger partial charge on any atom is 0.242 e. The number of halogens is 2. The molecule has 0 aliphatic rings. The Labute approximate surface area is 206 Å². The highest BCUT2D eigenvalue weighted by atomic mass is 35.5. The number of benzene rings is 2. The van der Waals surface area contributed by atoms with E-state index in [0.717, 1.165) is 24.2 Å². The van der Waals surface area contributed by atoms with Crippen molar-refractivity contribution >= 4 is 46.8 Å². The van der Waals surface area contributed by atoms with Gasteiger partial charge in [-0.05, 0) is 50.5 Å². The summed E-state index contributed by atoms with van der Waals surface area (Å²) >= 11 is 13.9. The van der Waals surface area contributed by atoms with Crippen molar-refractivity contribution in [2.24, 2.45) is 0 Å². The number of carbonyl (C=O) groups is 2. The number of unbranched alkanes of at least 4 members (excludes halogenated alkanes) is 1. The van der Waals surface area contributed by atoms with Gasteiger partial charge in [-0.2, -0.15) is 0 Å². The lowest BCUT2D eigenvalue weighted by Gasteiger charge is -2.29. The van der Waals surface area contributed by atoms with E-state index in [1.807, 2.05) is 0 Å². The molecule has 0 saturated carbocycles. The molecule has 0 aliphatic heterocycles. The second-order valence-corrected chi connectivity index (χ2v) is 9.90. The molecule has 0 aliphatic carbocycles. The van der Waals surface area contributed by atoms with Gasteiger partial charge in [0.15, 0.2) is 0 Å². The molecule has 0 spiro atoms. The molecule has 2 amide bonds. The standard InChI is InChI=1S/C25H32Cl2N2O2S/c1-5-6-9-28-25(31)19(4)29(14-21-7-8-22(26)13-23(21)27)24(30)16-32-15-20-11-17(2)10-18(3)12-20/h7-8,10-13,19H,5-6,9,14-16H2,1-4H3,(H,28,31). The van der Waals surface area contributed by atoms with Crippen molar-refractivity contribution in [3.63, 3.8) is 0 Å². The Morgan fingerprint density at radius 1 is 1.09 bits per heavy atom. The normalized spacial score (nSPS) is 11.8. The minimum atomic E-state index is -0.604. The first-order valence-electron chi connectivity index (χ1n) is 10.9. The molecule has 174 valence electrons. The average Bonchev–Trinajstić information content (AvgIpc) is 2.72. The molecule has 0 fully saturated rings. The van der Waals surface area contributed by atoms with Crippen molar-refractivity contribution in [1.82, 2.24) is 10.2 Å². The van der Waals surface area contributed by atoms with Crippen molar-refractivity contribution < 1.29 is 9.59 Å². The molecule has 2 aromatic rings. The Morgan fingerprint density at radius 3 is 2.41 bits per heavy atom. The summed E-state index contributed by atoms with van der Waals surface area (Å²) in [7, 11) is 0. The Balaban J connectivity index is 2.10. The lowest BCUT2D eigenvalue weighted by Crippen LogP contribution is -2.48. The van der Waals surface area contributed by atoms with Gasteiger partial charge in [0.25, 0.3) is 0 Å². The lowest BCUT2D eigenvalue weighted by molar-refractivity contribution is -0.138. The highest BCUT2D eigenvalue weighted by Gasteiger charge is 2.26. The van der Waals surface area contributed by atoms with Crippen LogP contribution in [0.1, 0.15) is 48.9 Å². The summed E-state index contributed by atoms with van der Waals surface area (Å²) in [4.78, 5) is 27.5. The van der Waals surface area contributed by atoms with Gasteiger partial charge in [0, 0.05) is 28.9 Å². The van der Waals surface area contributed by atoms with Crippen molar-refractivity contribution in [2.75, 3.05) is 12.3 Å². The Kier molecular flexibility index (Phi) is 10.9. The van der Waals surface area contributed by atoms with Crippen LogP contribution in [0.2, 0.25) is 10.0 Å². The van der Waals surface area contributed by atoms with Gasteiger partial charge < -0.3 is 10.2 Å². The molecule has 0 saturated heterocycles. The Hall–Kier alpha value is -1.69. The summed E-state index contributed by atoms with van der Waals surface area (Å²) in [6.45, 7) is 8.83. The van der Waals surface area contributed by atoms with Crippen LogP contribution in [0.4, 0.5) is 0 Å². The van der Waals surface area contributed by atoms with Gasteiger partial charge in [0.1, 0.15) is 6.04 Å². The second kappa shape index (κ2) is 13.1. The smallest absolute Gasteiger partial charge is 0.242 e. The monoisotopic (exact) mass is 494 g/mol. The molecule has 2 rings (SSSR count). The number of nitrogens with zero attached hydrogens (tertiary/aromatic N) is 1. The first-order chi connectivity index (χ1) is 15.2. The average molecular weight is 496 g/mol. The summed E-state index contributed by atoms with van der Waals surface area (Å²) in [5, 5.41) is 3.95. The van der Waals surface area contributed by atoms with E-state index in [-0.39, 0.29) is 24.1 Å². The predicted molar refractivity (Wildman–Crippen MR) is 136 cm³/mol. The van der Waals surface area contributed by atoms with E-state index < -0.39 is 6.04 Å². The minimum absolute atomic E-state index is 0.0940. The van der Waals surface area contributed by atoms with E-state index in [9.17, 15) is 9.59 Å².